The Morgan fingerprint density at radius 3 is 2.27 bits per heavy atom. The van der Waals surface area contributed by atoms with Crippen LogP contribution < -0.4 is 4.74 Å². The number of ether oxygens (including phenoxy) is 2. The van der Waals surface area contributed by atoms with Crippen molar-refractivity contribution in [3.63, 3.8) is 0 Å². The molecule has 1 fully saturated rings. The van der Waals surface area contributed by atoms with Crippen molar-refractivity contribution in [2.24, 2.45) is 5.92 Å². The largest absolute Gasteiger partial charge is 0.424 e. The molecule has 0 spiro atoms. The van der Waals surface area contributed by atoms with Crippen LogP contribution in [0.25, 0.3) is 0 Å². The van der Waals surface area contributed by atoms with Gasteiger partial charge in [-0.05, 0) is 37.5 Å². The van der Waals surface area contributed by atoms with Gasteiger partial charge >= 0.3 is 5.97 Å². The van der Waals surface area contributed by atoms with Crippen molar-refractivity contribution in [1.29, 1.82) is 0 Å². The summed E-state index contributed by atoms with van der Waals surface area (Å²) in [5.74, 6) is -1.13. The third-order valence-electron chi connectivity index (χ3n) is 5.64. The maximum absolute atomic E-state index is 12.9. The van der Waals surface area contributed by atoms with Crippen LogP contribution in [0, 0.1) is 12.8 Å². The lowest BCUT2D eigenvalue weighted by molar-refractivity contribution is -0.535. The Hall–Kier alpha value is -2.23. The number of aryl methyl sites for hydroxylation is 1. The van der Waals surface area contributed by atoms with Gasteiger partial charge in [0.15, 0.2) is 5.75 Å². The van der Waals surface area contributed by atoms with Gasteiger partial charge in [-0.15, -0.1) is 0 Å². The number of carbonyl (C=O) groups is 1. The van der Waals surface area contributed by atoms with Crippen LogP contribution in [-0.2, 0) is 25.8 Å². The van der Waals surface area contributed by atoms with Crippen molar-refractivity contribution in [3.05, 3.63) is 57.9 Å². The Balaban J connectivity index is 1.52. The fraction of sp³-hybridized carbons (Fsp3) is 0.400. The number of pyridine rings is 1. The summed E-state index contributed by atoms with van der Waals surface area (Å²) in [4.78, 5) is 26.8. The summed E-state index contributed by atoms with van der Waals surface area (Å²) in [5, 5.41) is 35.3. The Morgan fingerprint density at radius 2 is 1.70 bits per heavy atom. The molecule has 178 valence electrons. The normalized spacial score (nSPS) is 24.5. The fourth-order valence-corrected chi connectivity index (χ4v) is 4.26. The number of hydrogen-bond acceptors (Lipinski definition) is 12. The summed E-state index contributed by atoms with van der Waals surface area (Å²) < 4.78 is 11.6. The number of aromatic nitrogens is 1. The molecule has 12 nitrogen and oxygen atoms in total. The van der Waals surface area contributed by atoms with Crippen molar-refractivity contribution >= 4 is 17.6 Å². The highest BCUT2D eigenvalue weighted by Crippen LogP contribution is 2.42. The fourth-order valence-electron chi connectivity index (χ4n) is 4.13. The smallest absolute Gasteiger partial charge is 0.314 e. The number of carbonyl (C=O) groups excluding carboxylic acids is 1. The number of halogens is 1. The first-order valence-corrected chi connectivity index (χ1v) is 10.4. The average molecular weight is 484 g/mol. The average Bonchev–Trinajstić information content (AvgIpc) is 3.34. The van der Waals surface area contributed by atoms with E-state index in [1.807, 2.05) is 12.1 Å². The van der Waals surface area contributed by atoms with Crippen molar-refractivity contribution < 1.29 is 44.8 Å². The molecule has 0 bridgehead atoms. The number of esters is 1. The van der Waals surface area contributed by atoms with Crippen molar-refractivity contribution in [1.82, 2.24) is 15.8 Å². The van der Waals surface area contributed by atoms with Crippen LogP contribution in [0.5, 0.6) is 5.75 Å². The van der Waals surface area contributed by atoms with Crippen LogP contribution in [0.15, 0.2) is 30.5 Å². The lowest BCUT2D eigenvalue weighted by Gasteiger charge is -2.20. The van der Waals surface area contributed by atoms with Gasteiger partial charge in [0.1, 0.15) is 18.3 Å². The van der Waals surface area contributed by atoms with Crippen molar-refractivity contribution in [2.45, 2.75) is 44.7 Å². The first-order valence-electron chi connectivity index (χ1n) is 9.99. The monoisotopic (exact) mass is 483 g/mol. The third kappa shape index (κ3) is 5.31. The van der Waals surface area contributed by atoms with Crippen LogP contribution >= 0.6 is 11.6 Å². The number of nitrogens with zero attached hydrogens (tertiary/aromatic N) is 3. The van der Waals surface area contributed by atoms with E-state index < -0.39 is 34.9 Å². The Kier molecular flexibility index (Phi) is 7.21. The zero-order valence-electron chi connectivity index (χ0n) is 17.4. The molecule has 1 aliphatic carbocycles. The van der Waals surface area contributed by atoms with E-state index in [2.05, 4.69) is 4.98 Å². The molecular formula is C20H22ClN3O9. The summed E-state index contributed by atoms with van der Waals surface area (Å²) in [5.41, 5.74) is 2.84. The van der Waals surface area contributed by atoms with Gasteiger partial charge in [-0.25, -0.2) is 9.68 Å². The molecule has 1 aliphatic heterocycles. The minimum Gasteiger partial charge on any atom is -0.424 e. The number of benzene rings is 1. The Labute approximate surface area is 192 Å². The van der Waals surface area contributed by atoms with Crippen LogP contribution in [0.2, 0.25) is 5.02 Å². The molecule has 13 heteroatoms. The number of rotatable bonds is 7. The molecule has 1 aromatic carbocycles. The second kappa shape index (κ2) is 9.95. The van der Waals surface area contributed by atoms with E-state index in [0.29, 0.717) is 16.3 Å². The highest BCUT2D eigenvalue weighted by Gasteiger charge is 2.43. The molecule has 0 amide bonds. The topological polar surface area (TPSA) is 154 Å². The van der Waals surface area contributed by atoms with Crippen molar-refractivity contribution in [3.8, 4) is 5.75 Å². The van der Waals surface area contributed by atoms with Crippen LogP contribution in [0.1, 0.15) is 41.3 Å². The lowest BCUT2D eigenvalue weighted by Crippen LogP contribution is -2.35. The quantitative estimate of drug-likeness (QED) is 0.338. The SMILES string of the molecule is Cc1ncc2c(c1OC(=O)C1C[C@H](ON(O)O)[C@H](ON(O)O)C1)CO[C@@H]2c1ccc(Cl)cc1. The van der Waals surface area contributed by atoms with Gasteiger partial charge in [0.05, 0.1) is 29.0 Å². The molecule has 2 aliphatic rings. The maximum atomic E-state index is 12.9. The van der Waals surface area contributed by atoms with Gasteiger partial charge < -0.3 is 9.47 Å². The molecule has 4 atom stereocenters. The molecule has 0 radical (unpaired) electrons. The summed E-state index contributed by atoms with van der Waals surface area (Å²) in [6.45, 7) is 1.92. The second-order valence-electron chi connectivity index (χ2n) is 7.73. The van der Waals surface area contributed by atoms with Gasteiger partial charge in [0.2, 0.25) is 0 Å². The molecule has 4 N–H and O–H groups in total. The predicted octanol–water partition coefficient (Wildman–Crippen LogP) is 2.74. The van der Waals surface area contributed by atoms with E-state index in [1.165, 1.54) is 0 Å². The van der Waals surface area contributed by atoms with E-state index in [-0.39, 0.29) is 31.3 Å². The number of fused-ring (bicyclic) bond motifs is 1. The Bertz CT molecular complexity index is 987. The molecule has 4 rings (SSSR count). The zero-order valence-corrected chi connectivity index (χ0v) is 18.1. The van der Waals surface area contributed by atoms with Crippen LogP contribution in [0.3, 0.4) is 0 Å². The van der Waals surface area contributed by atoms with Gasteiger partial charge in [-0.1, -0.05) is 23.7 Å². The maximum Gasteiger partial charge on any atom is 0.314 e. The standard InChI is InChI=1S/C20H22ClN3O9/c1-10-18(15-9-30-19(14(15)8-22-10)11-2-4-13(21)5-3-11)31-20(25)12-6-16(32-23(26)27)17(7-12)33-24(28)29/h2-5,8,12,16-17,19,26-29H,6-7,9H2,1H3/t12?,16-,17+,19-/m1/s1. The van der Waals surface area contributed by atoms with Crippen LogP contribution in [0.4, 0.5) is 0 Å². The van der Waals surface area contributed by atoms with Gasteiger partial charge in [-0.2, -0.15) is 0 Å². The summed E-state index contributed by atoms with van der Waals surface area (Å²) in [7, 11) is 0. The molecular weight excluding hydrogens is 462 g/mol. The van der Waals surface area contributed by atoms with Gasteiger partial charge in [0.25, 0.3) is 0 Å². The summed E-state index contributed by atoms with van der Waals surface area (Å²) >= 11 is 5.97. The molecule has 0 saturated heterocycles. The minimum absolute atomic E-state index is 0.0274. The predicted molar refractivity (Wildman–Crippen MR) is 106 cm³/mol. The third-order valence-corrected chi connectivity index (χ3v) is 5.89. The summed E-state index contributed by atoms with van der Waals surface area (Å²) in [6, 6.07) is 7.22. The molecule has 1 saturated carbocycles. The van der Waals surface area contributed by atoms with E-state index in [0.717, 1.165) is 11.1 Å². The molecule has 2 aromatic rings. The van der Waals surface area contributed by atoms with E-state index >= 15 is 0 Å². The highest BCUT2D eigenvalue weighted by molar-refractivity contribution is 6.30. The molecule has 2 heterocycles. The molecule has 1 unspecified atom stereocenters. The first-order chi connectivity index (χ1) is 15.7. The highest BCUT2D eigenvalue weighted by atomic mass is 35.5. The first kappa shape index (κ1) is 23.9. The van der Waals surface area contributed by atoms with E-state index in [9.17, 15) is 4.79 Å². The lowest BCUT2D eigenvalue weighted by atomic mass is 10.00. The van der Waals surface area contributed by atoms with Gasteiger partial charge in [-0.3, -0.25) is 30.6 Å². The summed E-state index contributed by atoms with van der Waals surface area (Å²) in [6.07, 6.45) is -0.868. The Morgan fingerprint density at radius 1 is 1.09 bits per heavy atom. The van der Waals surface area contributed by atoms with E-state index in [1.54, 1.807) is 25.3 Å². The second-order valence-corrected chi connectivity index (χ2v) is 8.17. The van der Waals surface area contributed by atoms with Crippen LogP contribution in [-0.4, -0.2) is 54.8 Å². The molecule has 1 aromatic heterocycles. The van der Waals surface area contributed by atoms with Gasteiger partial charge in [0, 0.05) is 22.3 Å². The number of hydrogen-bond donors (Lipinski definition) is 4. The minimum atomic E-state index is -1.06. The van der Waals surface area contributed by atoms with Crippen molar-refractivity contribution in [2.75, 3.05) is 0 Å². The van der Waals surface area contributed by atoms with E-state index in [4.69, 9.17) is 51.6 Å². The molecule has 33 heavy (non-hydrogen) atoms. The zero-order chi connectivity index (χ0) is 23.7.